The zero-order valence-electron chi connectivity index (χ0n) is 11.5. The van der Waals surface area contributed by atoms with Gasteiger partial charge in [-0.15, -0.1) is 12.3 Å². The zero-order valence-corrected chi connectivity index (χ0v) is 12.3. The van der Waals surface area contributed by atoms with Crippen molar-refractivity contribution in [2.75, 3.05) is 13.2 Å². The summed E-state index contributed by atoms with van der Waals surface area (Å²) in [6.07, 6.45) is 6.91. The first-order valence-electron chi connectivity index (χ1n) is 6.75. The molecule has 1 aromatic heterocycles. The number of hydrogen-bond donors (Lipinski definition) is 1. The van der Waals surface area contributed by atoms with Crippen LogP contribution >= 0.6 is 11.3 Å². The molecule has 0 aliphatic heterocycles. The molecular weight excluding hydrogens is 266 g/mol. The van der Waals surface area contributed by atoms with E-state index in [0.717, 1.165) is 25.3 Å². The van der Waals surface area contributed by atoms with Crippen LogP contribution in [0.25, 0.3) is 0 Å². The summed E-state index contributed by atoms with van der Waals surface area (Å²) in [6, 6.07) is 10.3. The number of terminal acetylenes is 1. The van der Waals surface area contributed by atoms with Crippen LogP contribution in [-0.2, 0) is 13.0 Å². The van der Waals surface area contributed by atoms with E-state index in [-0.39, 0.29) is 0 Å². The Morgan fingerprint density at radius 2 is 2.00 bits per heavy atom. The van der Waals surface area contributed by atoms with Crippen molar-refractivity contribution in [3.63, 3.8) is 0 Å². The Bertz CT molecular complexity index is 525. The molecule has 1 N–H and O–H groups in total. The Morgan fingerprint density at radius 1 is 1.15 bits per heavy atom. The van der Waals surface area contributed by atoms with Crippen molar-refractivity contribution in [2.45, 2.75) is 19.4 Å². The third-order valence-corrected chi connectivity index (χ3v) is 3.67. The summed E-state index contributed by atoms with van der Waals surface area (Å²) >= 11 is 1.75. The second-order valence-corrected chi connectivity index (χ2v) is 5.28. The second-order valence-electron chi connectivity index (χ2n) is 4.50. The van der Waals surface area contributed by atoms with Crippen molar-refractivity contribution < 1.29 is 4.74 Å². The van der Waals surface area contributed by atoms with Gasteiger partial charge in [0, 0.05) is 13.0 Å². The van der Waals surface area contributed by atoms with Crippen molar-refractivity contribution in [3.05, 3.63) is 52.2 Å². The normalized spacial score (nSPS) is 10.2. The number of ether oxygens (including phenoxy) is 1. The largest absolute Gasteiger partial charge is 0.493 e. The van der Waals surface area contributed by atoms with Crippen LogP contribution < -0.4 is 10.1 Å². The molecule has 0 unspecified atom stereocenters. The second kappa shape index (κ2) is 8.42. The molecule has 0 spiro atoms. The SMILES string of the molecule is C#CCCOc1ccc(CNCCc2ccsc2)cc1. The topological polar surface area (TPSA) is 21.3 Å². The van der Waals surface area contributed by atoms with Crippen LogP contribution in [0.5, 0.6) is 5.75 Å². The first-order chi connectivity index (χ1) is 9.88. The Hall–Kier alpha value is -1.76. The highest BCUT2D eigenvalue weighted by molar-refractivity contribution is 7.07. The Balaban J connectivity index is 1.67. The maximum atomic E-state index is 5.51. The minimum Gasteiger partial charge on any atom is -0.493 e. The van der Waals surface area contributed by atoms with E-state index in [1.807, 2.05) is 12.1 Å². The van der Waals surface area contributed by atoms with Crippen LogP contribution in [-0.4, -0.2) is 13.2 Å². The van der Waals surface area contributed by atoms with Gasteiger partial charge in [-0.05, 0) is 53.1 Å². The van der Waals surface area contributed by atoms with Crippen LogP contribution in [0.1, 0.15) is 17.5 Å². The summed E-state index contributed by atoms with van der Waals surface area (Å²) in [5.74, 6) is 3.44. The van der Waals surface area contributed by atoms with E-state index in [1.165, 1.54) is 11.1 Å². The molecule has 20 heavy (non-hydrogen) atoms. The first-order valence-corrected chi connectivity index (χ1v) is 7.70. The maximum Gasteiger partial charge on any atom is 0.119 e. The minimum absolute atomic E-state index is 0.578. The molecule has 104 valence electrons. The summed E-state index contributed by atoms with van der Waals surface area (Å²) in [5, 5.41) is 7.77. The fourth-order valence-electron chi connectivity index (χ4n) is 1.83. The van der Waals surface area contributed by atoms with Crippen molar-refractivity contribution >= 4 is 11.3 Å². The highest BCUT2D eigenvalue weighted by Gasteiger charge is 1.97. The highest BCUT2D eigenvalue weighted by atomic mass is 32.1. The fourth-order valence-corrected chi connectivity index (χ4v) is 2.53. The van der Waals surface area contributed by atoms with Crippen LogP contribution in [0.2, 0.25) is 0 Å². The smallest absolute Gasteiger partial charge is 0.119 e. The standard InChI is InChI=1S/C17H19NOS/c1-2-3-11-19-17-6-4-15(5-7-17)13-18-10-8-16-9-12-20-14-16/h1,4-7,9,12,14,18H,3,8,10-11,13H2. The minimum atomic E-state index is 0.578. The van der Waals surface area contributed by atoms with E-state index in [0.29, 0.717) is 13.0 Å². The lowest BCUT2D eigenvalue weighted by Crippen LogP contribution is -2.16. The lowest BCUT2D eigenvalue weighted by Gasteiger charge is -2.07. The van der Waals surface area contributed by atoms with Gasteiger partial charge in [-0.3, -0.25) is 0 Å². The molecule has 0 saturated heterocycles. The molecule has 3 heteroatoms. The molecule has 0 atom stereocenters. The Labute approximate surface area is 124 Å². The predicted molar refractivity (Wildman–Crippen MR) is 85.1 cm³/mol. The van der Waals surface area contributed by atoms with Crippen molar-refractivity contribution in [1.29, 1.82) is 0 Å². The average Bonchev–Trinajstić information content (AvgIpc) is 2.99. The zero-order chi connectivity index (χ0) is 14.0. The number of thiophene rings is 1. The van der Waals surface area contributed by atoms with Crippen LogP contribution in [0, 0.1) is 12.3 Å². The summed E-state index contributed by atoms with van der Waals surface area (Å²) < 4.78 is 5.51. The molecule has 0 saturated carbocycles. The van der Waals surface area contributed by atoms with Crippen molar-refractivity contribution in [3.8, 4) is 18.1 Å². The van der Waals surface area contributed by atoms with Gasteiger partial charge in [0.05, 0.1) is 6.61 Å². The van der Waals surface area contributed by atoms with Gasteiger partial charge in [-0.1, -0.05) is 12.1 Å². The van der Waals surface area contributed by atoms with Crippen LogP contribution in [0.4, 0.5) is 0 Å². The summed E-state index contributed by atoms with van der Waals surface area (Å²) in [5.41, 5.74) is 2.67. The molecule has 2 nitrogen and oxygen atoms in total. The number of benzene rings is 1. The number of hydrogen-bond acceptors (Lipinski definition) is 3. The number of rotatable bonds is 8. The summed E-state index contributed by atoms with van der Waals surface area (Å²) in [4.78, 5) is 0. The highest BCUT2D eigenvalue weighted by Crippen LogP contribution is 2.12. The third-order valence-electron chi connectivity index (χ3n) is 2.94. The van der Waals surface area contributed by atoms with Crippen molar-refractivity contribution in [1.82, 2.24) is 5.32 Å². The fraction of sp³-hybridized carbons (Fsp3) is 0.294. The van der Waals surface area contributed by atoms with Gasteiger partial charge in [-0.2, -0.15) is 11.3 Å². The molecule has 2 aromatic rings. The van der Waals surface area contributed by atoms with E-state index < -0.39 is 0 Å². The summed E-state index contributed by atoms with van der Waals surface area (Å²) in [7, 11) is 0. The lowest BCUT2D eigenvalue weighted by atomic mass is 10.2. The Kier molecular flexibility index (Phi) is 6.16. The quantitative estimate of drug-likeness (QED) is 0.592. The van der Waals surface area contributed by atoms with E-state index in [1.54, 1.807) is 11.3 Å². The average molecular weight is 285 g/mol. The van der Waals surface area contributed by atoms with Gasteiger partial charge in [0.2, 0.25) is 0 Å². The van der Waals surface area contributed by atoms with E-state index in [2.05, 4.69) is 40.2 Å². The summed E-state index contributed by atoms with van der Waals surface area (Å²) in [6.45, 7) is 2.46. The monoisotopic (exact) mass is 285 g/mol. The van der Waals surface area contributed by atoms with Gasteiger partial charge in [0.25, 0.3) is 0 Å². The molecule has 1 heterocycles. The predicted octanol–water partition coefficient (Wildman–Crippen LogP) is 3.48. The van der Waals surface area contributed by atoms with Gasteiger partial charge in [0.15, 0.2) is 0 Å². The van der Waals surface area contributed by atoms with Gasteiger partial charge in [0.1, 0.15) is 5.75 Å². The van der Waals surface area contributed by atoms with E-state index in [9.17, 15) is 0 Å². The van der Waals surface area contributed by atoms with Gasteiger partial charge >= 0.3 is 0 Å². The third kappa shape index (κ3) is 5.08. The molecule has 0 radical (unpaired) electrons. The van der Waals surface area contributed by atoms with Crippen LogP contribution in [0.15, 0.2) is 41.1 Å². The molecule has 0 fully saturated rings. The molecule has 0 aliphatic carbocycles. The first kappa shape index (κ1) is 14.6. The van der Waals surface area contributed by atoms with E-state index >= 15 is 0 Å². The van der Waals surface area contributed by atoms with Crippen LogP contribution in [0.3, 0.4) is 0 Å². The van der Waals surface area contributed by atoms with Gasteiger partial charge in [-0.25, -0.2) is 0 Å². The lowest BCUT2D eigenvalue weighted by molar-refractivity contribution is 0.327. The molecular formula is C17H19NOS. The van der Waals surface area contributed by atoms with Crippen molar-refractivity contribution in [2.24, 2.45) is 0 Å². The van der Waals surface area contributed by atoms with E-state index in [4.69, 9.17) is 11.2 Å². The maximum absolute atomic E-state index is 5.51. The molecule has 0 amide bonds. The Morgan fingerprint density at radius 3 is 2.70 bits per heavy atom. The number of nitrogens with one attached hydrogen (secondary N) is 1. The van der Waals surface area contributed by atoms with Gasteiger partial charge < -0.3 is 10.1 Å². The molecule has 0 aliphatic rings. The molecule has 1 aromatic carbocycles. The molecule has 0 bridgehead atoms. The molecule has 2 rings (SSSR count).